The van der Waals surface area contributed by atoms with Gasteiger partial charge >= 0.3 is 0 Å². The Labute approximate surface area is 121 Å². The maximum atomic E-state index is 12.2. The van der Waals surface area contributed by atoms with Gasteiger partial charge in [-0.05, 0) is 12.8 Å². The summed E-state index contributed by atoms with van der Waals surface area (Å²) in [6, 6.07) is 1.66. The fourth-order valence-corrected chi connectivity index (χ4v) is 1.87. The van der Waals surface area contributed by atoms with Gasteiger partial charge in [0.25, 0.3) is 5.91 Å². The first kappa shape index (κ1) is 15.2. The molecule has 0 saturated heterocycles. The van der Waals surface area contributed by atoms with Gasteiger partial charge in [-0.1, -0.05) is 0 Å². The van der Waals surface area contributed by atoms with E-state index in [0.29, 0.717) is 31.1 Å². The first-order valence-electron chi connectivity index (χ1n) is 6.63. The average Bonchev–Trinajstić information content (AvgIpc) is 2.52. The second-order valence-electron chi connectivity index (χ2n) is 4.52. The fraction of sp³-hybridized carbons (Fsp3) is 0.462. The SMILES string of the molecule is O=C(CC1OCCCCOc2ccncc2NC1=O)NO. The van der Waals surface area contributed by atoms with Crippen molar-refractivity contribution in [3.63, 3.8) is 0 Å². The van der Waals surface area contributed by atoms with Crippen molar-refractivity contribution in [1.82, 2.24) is 10.5 Å². The van der Waals surface area contributed by atoms with E-state index in [4.69, 9.17) is 14.7 Å². The number of hydroxylamine groups is 1. The predicted octanol–water partition coefficient (Wildman–Crippen LogP) is 0.473. The van der Waals surface area contributed by atoms with E-state index in [9.17, 15) is 9.59 Å². The number of carbonyl (C=O) groups is 2. The molecule has 1 aliphatic heterocycles. The van der Waals surface area contributed by atoms with Gasteiger partial charge in [0, 0.05) is 18.9 Å². The van der Waals surface area contributed by atoms with Crippen LogP contribution in [0.2, 0.25) is 0 Å². The van der Waals surface area contributed by atoms with Gasteiger partial charge in [-0.15, -0.1) is 0 Å². The van der Waals surface area contributed by atoms with Crippen molar-refractivity contribution in [2.45, 2.75) is 25.4 Å². The summed E-state index contributed by atoms with van der Waals surface area (Å²) in [5.74, 6) is -0.656. The minimum Gasteiger partial charge on any atom is -0.491 e. The number of nitrogens with one attached hydrogen (secondary N) is 2. The number of fused-ring (bicyclic) bond motifs is 1. The number of anilines is 1. The van der Waals surface area contributed by atoms with E-state index in [2.05, 4.69) is 10.3 Å². The molecule has 114 valence electrons. The highest BCUT2D eigenvalue weighted by molar-refractivity contribution is 5.97. The number of rotatable bonds is 2. The van der Waals surface area contributed by atoms with Crippen molar-refractivity contribution in [1.29, 1.82) is 0 Å². The topological polar surface area (TPSA) is 110 Å². The average molecular weight is 295 g/mol. The van der Waals surface area contributed by atoms with Gasteiger partial charge in [-0.2, -0.15) is 0 Å². The zero-order valence-corrected chi connectivity index (χ0v) is 11.4. The monoisotopic (exact) mass is 295 g/mol. The zero-order chi connectivity index (χ0) is 15.1. The maximum absolute atomic E-state index is 12.2. The molecule has 0 radical (unpaired) electrons. The van der Waals surface area contributed by atoms with Crippen LogP contribution in [0.4, 0.5) is 5.69 Å². The van der Waals surface area contributed by atoms with Gasteiger partial charge in [0.15, 0.2) is 0 Å². The summed E-state index contributed by atoms with van der Waals surface area (Å²) >= 11 is 0. The number of ether oxygens (including phenoxy) is 2. The van der Waals surface area contributed by atoms with Crippen molar-refractivity contribution >= 4 is 17.5 Å². The second-order valence-corrected chi connectivity index (χ2v) is 4.52. The molecule has 2 heterocycles. The molecular formula is C13H17N3O5. The molecule has 0 spiro atoms. The summed E-state index contributed by atoms with van der Waals surface area (Å²) in [5, 5.41) is 11.2. The van der Waals surface area contributed by atoms with Gasteiger partial charge < -0.3 is 14.8 Å². The van der Waals surface area contributed by atoms with Crippen LogP contribution in [0.5, 0.6) is 5.75 Å². The molecule has 8 heteroatoms. The third-order valence-electron chi connectivity index (χ3n) is 2.94. The van der Waals surface area contributed by atoms with Crippen LogP contribution < -0.4 is 15.5 Å². The molecule has 2 amide bonds. The highest BCUT2D eigenvalue weighted by atomic mass is 16.5. The lowest BCUT2D eigenvalue weighted by molar-refractivity contribution is -0.138. The van der Waals surface area contributed by atoms with Crippen molar-refractivity contribution in [2.75, 3.05) is 18.5 Å². The molecule has 3 N–H and O–H groups in total. The van der Waals surface area contributed by atoms with E-state index >= 15 is 0 Å². The maximum Gasteiger partial charge on any atom is 0.254 e. The third kappa shape index (κ3) is 4.40. The highest BCUT2D eigenvalue weighted by Crippen LogP contribution is 2.24. The van der Waals surface area contributed by atoms with Crippen LogP contribution in [0.1, 0.15) is 19.3 Å². The standard InChI is InChI=1S/C13H17N3O5/c17-12(16-19)7-11-13(18)15-9-8-14-4-3-10(9)20-5-1-2-6-21-11/h3-4,8,11,19H,1-2,5-7H2,(H,15,18)(H,16,17). The van der Waals surface area contributed by atoms with Gasteiger partial charge in [0.1, 0.15) is 17.5 Å². The molecular weight excluding hydrogens is 278 g/mol. The van der Waals surface area contributed by atoms with Crippen LogP contribution in [0.15, 0.2) is 18.5 Å². The van der Waals surface area contributed by atoms with Crippen molar-refractivity contribution in [2.24, 2.45) is 0 Å². The van der Waals surface area contributed by atoms with E-state index < -0.39 is 17.9 Å². The molecule has 2 rings (SSSR count). The number of nitrogens with zero attached hydrogens (tertiary/aromatic N) is 1. The second kappa shape index (κ2) is 7.55. The first-order chi connectivity index (χ1) is 10.2. The molecule has 1 aliphatic rings. The van der Waals surface area contributed by atoms with E-state index in [0.717, 1.165) is 6.42 Å². The number of carbonyl (C=O) groups excluding carboxylic acids is 2. The van der Waals surface area contributed by atoms with E-state index in [1.165, 1.54) is 11.7 Å². The summed E-state index contributed by atoms with van der Waals surface area (Å²) < 4.78 is 11.0. The summed E-state index contributed by atoms with van der Waals surface area (Å²) in [5.41, 5.74) is 1.91. The molecule has 1 aromatic rings. The van der Waals surface area contributed by atoms with Crippen LogP contribution >= 0.6 is 0 Å². The lowest BCUT2D eigenvalue weighted by Crippen LogP contribution is -2.35. The van der Waals surface area contributed by atoms with E-state index in [1.807, 2.05) is 0 Å². The summed E-state index contributed by atoms with van der Waals surface area (Å²) in [6.45, 7) is 0.826. The number of aromatic nitrogens is 1. The summed E-state index contributed by atoms with van der Waals surface area (Å²) in [7, 11) is 0. The molecule has 1 atom stereocenters. The Hall–Kier alpha value is -2.19. The van der Waals surface area contributed by atoms with Crippen LogP contribution in [-0.4, -0.2) is 41.3 Å². The summed E-state index contributed by atoms with van der Waals surface area (Å²) in [4.78, 5) is 27.3. The van der Waals surface area contributed by atoms with Gasteiger partial charge in [-0.3, -0.25) is 19.8 Å². The van der Waals surface area contributed by atoms with Crippen molar-refractivity contribution in [3.8, 4) is 5.75 Å². The minimum absolute atomic E-state index is 0.265. The van der Waals surface area contributed by atoms with Crippen LogP contribution in [-0.2, 0) is 14.3 Å². The molecule has 0 bridgehead atoms. The number of amides is 2. The smallest absolute Gasteiger partial charge is 0.254 e. The summed E-state index contributed by atoms with van der Waals surface area (Å²) in [6.07, 6.45) is 3.24. The van der Waals surface area contributed by atoms with Crippen molar-refractivity contribution in [3.05, 3.63) is 18.5 Å². The molecule has 0 aromatic carbocycles. The predicted molar refractivity (Wildman–Crippen MR) is 71.9 cm³/mol. The van der Waals surface area contributed by atoms with Gasteiger partial charge in [0.05, 0.1) is 19.2 Å². The molecule has 0 saturated carbocycles. The lowest BCUT2D eigenvalue weighted by atomic mass is 10.2. The quantitative estimate of drug-likeness (QED) is 0.540. The molecule has 1 aromatic heterocycles. The Morgan fingerprint density at radius 3 is 3.10 bits per heavy atom. The minimum atomic E-state index is -0.983. The molecule has 8 nitrogen and oxygen atoms in total. The fourth-order valence-electron chi connectivity index (χ4n) is 1.87. The van der Waals surface area contributed by atoms with Gasteiger partial charge in [0.2, 0.25) is 5.91 Å². The Balaban J connectivity index is 2.16. The Kier molecular flexibility index (Phi) is 5.47. The molecule has 21 heavy (non-hydrogen) atoms. The van der Waals surface area contributed by atoms with Gasteiger partial charge in [-0.25, -0.2) is 5.48 Å². The normalized spacial score (nSPS) is 19.5. The number of pyridine rings is 1. The van der Waals surface area contributed by atoms with Crippen LogP contribution in [0.3, 0.4) is 0 Å². The number of hydrogen-bond acceptors (Lipinski definition) is 6. The van der Waals surface area contributed by atoms with E-state index in [1.54, 1.807) is 12.3 Å². The Bertz CT molecular complexity index is 508. The van der Waals surface area contributed by atoms with E-state index in [-0.39, 0.29) is 6.42 Å². The molecule has 0 aliphatic carbocycles. The molecule has 1 unspecified atom stereocenters. The van der Waals surface area contributed by atoms with Crippen molar-refractivity contribution < 1.29 is 24.3 Å². The lowest BCUT2D eigenvalue weighted by Gasteiger charge is -2.16. The van der Waals surface area contributed by atoms with Crippen LogP contribution in [0, 0.1) is 0 Å². The first-order valence-corrected chi connectivity index (χ1v) is 6.63. The van der Waals surface area contributed by atoms with Crippen LogP contribution in [0.25, 0.3) is 0 Å². The third-order valence-corrected chi connectivity index (χ3v) is 2.94. The Morgan fingerprint density at radius 2 is 2.29 bits per heavy atom. The largest absolute Gasteiger partial charge is 0.491 e. The Morgan fingerprint density at radius 1 is 1.48 bits per heavy atom. The molecule has 0 fully saturated rings. The number of hydrogen-bond donors (Lipinski definition) is 3. The zero-order valence-electron chi connectivity index (χ0n) is 11.4. The highest BCUT2D eigenvalue weighted by Gasteiger charge is 2.24.